The Labute approximate surface area is 168 Å². The Morgan fingerprint density at radius 3 is 2.55 bits per heavy atom. The molecule has 1 aliphatic heterocycles. The highest BCUT2D eigenvalue weighted by atomic mass is 16.5. The second-order valence-electron chi connectivity index (χ2n) is 6.84. The largest absolute Gasteiger partial charge is 0.392 e. The van der Waals surface area contributed by atoms with E-state index in [1.807, 2.05) is 36.4 Å². The smallest absolute Gasteiger partial charge is 0.248 e. The molecule has 148 valence electrons. The van der Waals surface area contributed by atoms with Crippen molar-refractivity contribution in [3.05, 3.63) is 65.7 Å². The van der Waals surface area contributed by atoms with Gasteiger partial charge in [0.15, 0.2) is 5.82 Å². The molecule has 1 fully saturated rings. The summed E-state index contributed by atoms with van der Waals surface area (Å²) in [4.78, 5) is 23.3. The number of carbonyl (C=O) groups is 1. The molecule has 1 aliphatic rings. The summed E-state index contributed by atoms with van der Waals surface area (Å²) < 4.78 is 5.46. The Morgan fingerprint density at radius 2 is 1.79 bits per heavy atom. The van der Waals surface area contributed by atoms with Crippen LogP contribution in [0, 0.1) is 0 Å². The highest BCUT2D eigenvalue weighted by Crippen LogP contribution is 2.27. The maximum Gasteiger partial charge on any atom is 0.248 e. The number of nitrogens with two attached hydrogens (primary N) is 1. The third-order valence-electron chi connectivity index (χ3n) is 4.86. The van der Waals surface area contributed by atoms with Gasteiger partial charge in [0.1, 0.15) is 5.82 Å². The number of morpholine rings is 1. The molecule has 1 amide bonds. The van der Waals surface area contributed by atoms with E-state index in [1.54, 1.807) is 18.2 Å². The lowest BCUT2D eigenvalue weighted by Gasteiger charge is -2.28. The van der Waals surface area contributed by atoms with E-state index in [9.17, 15) is 9.90 Å². The zero-order chi connectivity index (χ0) is 20.2. The summed E-state index contributed by atoms with van der Waals surface area (Å²) in [6, 6.07) is 16.5. The number of carbonyl (C=O) groups excluding carboxylic acids is 1. The van der Waals surface area contributed by atoms with Crippen LogP contribution in [0.4, 0.5) is 5.82 Å². The van der Waals surface area contributed by atoms with Crippen LogP contribution in [0.5, 0.6) is 0 Å². The summed E-state index contributed by atoms with van der Waals surface area (Å²) in [6.07, 6.45) is 0. The van der Waals surface area contributed by atoms with Gasteiger partial charge in [0, 0.05) is 35.8 Å². The molecule has 0 atom stereocenters. The lowest BCUT2D eigenvalue weighted by atomic mass is 10.1. The van der Waals surface area contributed by atoms with E-state index in [2.05, 4.69) is 4.90 Å². The predicted molar refractivity (Wildman–Crippen MR) is 110 cm³/mol. The van der Waals surface area contributed by atoms with Crippen molar-refractivity contribution in [1.29, 1.82) is 0 Å². The fraction of sp³-hybridized carbons (Fsp3) is 0.227. The molecule has 0 saturated carbocycles. The number of primary amides is 1. The van der Waals surface area contributed by atoms with Gasteiger partial charge >= 0.3 is 0 Å². The normalized spacial score (nSPS) is 14.0. The number of aromatic nitrogens is 2. The van der Waals surface area contributed by atoms with Crippen LogP contribution in [0.15, 0.2) is 54.6 Å². The van der Waals surface area contributed by atoms with Gasteiger partial charge in [-0.1, -0.05) is 30.3 Å². The first kappa shape index (κ1) is 19.0. The van der Waals surface area contributed by atoms with Crippen LogP contribution in [0.2, 0.25) is 0 Å². The molecule has 0 radical (unpaired) electrons. The molecule has 0 bridgehead atoms. The Hall–Kier alpha value is -3.29. The number of hydrogen-bond acceptors (Lipinski definition) is 6. The summed E-state index contributed by atoms with van der Waals surface area (Å²) in [5.41, 5.74) is 8.97. The molecule has 4 rings (SSSR count). The Kier molecular flexibility index (Phi) is 5.50. The van der Waals surface area contributed by atoms with Crippen molar-refractivity contribution in [3.8, 4) is 22.6 Å². The first-order chi connectivity index (χ1) is 14.1. The summed E-state index contributed by atoms with van der Waals surface area (Å²) in [5, 5.41) is 9.48. The minimum atomic E-state index is -0.481. The number of nitrogens with zero attached hydrogens (tertiary/aromatic N) is 3. The van der Waals surface area contributed by atoms with Gasteiger partial charge in [0.05, 0.1) is 25.5 Å². The van der Waals surface area contributed by atoms with E-state index in [0.717, 1.165) is 35.6 Å². The van der Waals surface area contributed by atoms with E-state index in [1.165, 1.54) is 0 Å². The number of anilines is 1. The van der Waals surface area contributed by atoms with Crippen LogP contribution in [0.1, 0.15) is 15.9 Å². The molecular weight excluding hydrogens is 368 g/mol. The third-order valence-corrected chi connectivity index (χ3v) is 4.86. The number of amides is 1. The first-order valence-electron chi connectivity index (χ1n) is 9.46. The van der Waals surface area contributed by atoms with Gasteiger partial charge in [-0.15, -0.1) is 0 Å². The fourth-order valence-electron chi connectivity index (χ4n) is 3.31. The zero-order valence-electron chi connectivity index (χ0n) is 15.9. The first-order valence-corrected chi connectivity index (χ1v) is 9.46. The zero-order valence-corrected chi connectivity index (χ0v) is 15.9. The average molecular weight is 390 g/mol. The van der Waals surface area contributed by atoms with Crippen LogP contribution in [-0.4, -0.2) is 47.3 Å². The van der Waals surface area contributed by atoms with Gasteiger partial charge in [0.25, 0.3) is 0 Å². The monoisotopic (exact) mass is 390 g/mol. The molecule has 1 aromatic heterocycles. The van der Waals surface area contributed by atoms with Gasteiger partial charge in [-0.05, 0) is 23.8 Å². The molecule has 3 N–H and O–H groups in total. The van der Waals surface area contributed by atoms with Gasteiger partial charge < -0.3 is 20.5 Å². The van der Waals surface area contributed by atoms with Crippen molar-refractivity contribution < 1.29 is 14.6 Å². The summed E-state index contributed by atoms with van der Waals surface area (Å²) >= 11 is 0. The molecule has 0 unspecified atom stereocenters. The number of rotatable bonds is 5. The number of aliphatic hydroxyl groups excluding tert-OH is 1. The van der Waals surface area contributed by atoms with E-state index in [0.29, 0.717) is 30.3 Å². The van der Waals surface area contributed by atoms with Crippen LogP contribution in [0.25, 0.3) is 22.6 Å². The summed E-state index contributed by atoms with van der Waals surface area (Å²) in [7, 11) is 0. The van der Waals surface area contributed by atoms with Gasteiger partial charge in [-0.25, -0.2) is 9.97 Å². The molecule has 7 heteroatoms. The third kappa shape index (κ3) is 4.26. The standard InChI is InChI=1S/C22H22N4O3/c23-21(28)17-5-2-4-16(12-17)19-13-20(26-7-9-29-10-8-26)25-22(24-19)18-6-1-3-15(11-18)14-27/h1-6,11-13,27H,7-10,14H2,(H2,23,28). The predicted octanol–water partition coefficient (Wildman–Crippen LogP) is 2.24. The SMILES string of the molecule is NC(=O)c1cccc(-c2cc(N3CCOCC3)nc(-c3cccc(CO)c3)n2)c1. The van der Waals surface area contributed by atoms with Gasteiger partial charge in [0.2, 0.25) is 5.91 Å². The molecule has 0 aliphatic carbocycles. The maximum atomic E-state index is 11.6. The molecule has 7 nitrogen and oxygen atoms in total. The van der Waals surface area contributed by atoms with Crippen LogP contribution >= 0.6 is 0 Å². The van der Waals surface area contributed by atoms with E-state index >= 15 is 0 Å². The van der Waals surface area contributed by atoms with Crippen molar-refractivity contribution in [2.45, 2.75) is 6.61 Å². The quantitative estimate of drug-likeness (QED) is 0.693. The van der Waals surface area contributed by atoms with Crippen LogP contribution < -0.4 is 10.6 Å². The lowest BCUT2D eigenvalue weighted by Crippen LogP contribution is -2.36. The minimum absolute atomic E-state index is 0.0511. The second kappa shape index (κ2) is 8.38. The van der Waals surface area contributed by atoms with Crippen molar-refractivity contribution in [2.75, 3.05) is 31.2 Å². The van der Waals surface area contributed by atoms with E-state index < -0.39 is 5.91 Å². The lowest BCUT2D eigenvalue weighted by molar-refractivity contribution is 0.100. The molecule has 1 saturated heterocycles. The number of hydrogen-bond donors (Lipinski definition) is 2. The van der Waals surface area contributed by atoms with Crippen molar-refractivity contribution in [1.82, 2.24) is 9.97 Å². The molecule has 3 aromatic rings. The molecule has 2 aromatic carbocycles. The fourth-order valence-corrected chi connectivity index (χ4v) is 3.31. The highest BCUT2D eigenvalue weighted by Gasteiger charge is 2.17. The summed E-state index contributed by atoms with van der Waals surface area (Å²) in [6.45, 7) is 2.73. The van der Waals surface area contributed by atoms with Gasteiger partial charge in [-0.3, -0.25) is 4.79 Å². The maximum absolute atomic E-state index is 11.6. The number of benzene rings is 2. The van der Waals surface area contributed by atoms with Gasteiger partial charge in [-0.2, -0.15) is 0 Å². The van der Waals surface area contributed by atoms with Crippen LogP contribution in [0.3, 0.4) is 0 Å². The van der Waals surface area contributed by atoms with E-state index in [-0.39, 0.29) is 6.61 Å². The molecule has 29 heavy (non-hydrogen) atoms. The molecule has 0 spiro atoms. The second-order valence-corrected chi connectivity index (χ2v) is 6.84. The van der Waals surface area contributed by atoms with Crippen molar-refractivity contribution >= 4 is 11.7 Å². The minimum Gasteiger partial charge on any atom is -0.392 e. The Balaban J connectivity index is 1.83. The highest BCUT2D eigenvalue weighted by molar-refractivity contribution is 5.94. The van der Waals surface area contributed by atoms with Crippen LogP contribution in [-0.2, 0) is 11.3 Å². The number of aliphatic hydroxyl groups is 1. The summed E-state index contributed by atoms with van der Waals surface area (Å²) in [5.74, 6) is 0.876. The van der Waals surface area contributed by atoms with Crippen molar-refractivity contribution in [3.63, 3.8) is 0 Å². The molecule has 2 heterocycles. The van der Waals surface area contributed by atoms with Crippen molar-refractivity contribution in [2.24, 2.45) is 5.73 Å². The Bertz CT molecular complexity index is 1030. The topological polar surface area (TPSA) is 102 Å². The average Bonchev–Trinajstić information content (AvgIpc) is 2.79. The number of ether oxygens (including phenoxy) is 1. The molecular formula is C22H22N4O3. The van der Waals surface area contributed by atoms with E-state index in [4.69, 9.17) is 20.4 Å². The Morgan fingerprint density at radius 1 is 1.03 bits per heavy atom.